The number of nitrogens with zero attached hydrogens (tertiary/aromatic N) is 3. The number of nitrogens with two attached hydrogens (primary N) is 2. The zero-order chi connectivity index (χ0) is 21.7. The van der Waals surface area contributed by atoms with Crippen LogP contribution in [-0.2, 0) is 6.42 Å². The second-order valence-corrected chi connectivity index (χ2v) is 7.03. The summed E-state index contributed by atoms with van der Waals surface area (Å²) >= 11 is 0. The van der Waals surface area contributed by atoms with Crippen LogP contribution >= 0.6 is 0 Å². The van der Waals surface area contributed by atoms with E-state index in [1.807, 2.05) is 31.2 Å². The minimum atomic E-state index is -1.12. The second-order valence-electron chi connectivity index (χ2n) is 7.03. The zero-order valence-electron chi connectivity index (χ0n) is 16.8. The molecule has 10 nitrogen and oxygen atoms in total. The number of nitro benzene ring substituents is 1. The van der Waals surface area contributed by atoms with Gasteiger partial charge in [-0.3, -0.25) is 21.2 Å². The highest BCUT2D eigenvalue weighted by atomic mass is 16.6. The van der Waals surface area contributed by atoms with Crippen LogP contribution in [0.15, 0.2) is 58.5 Å². The minimum absolute atomic E-state index is 0.0300. The molecule has 158 valence electrons. The number of hydrogen-bond acceptors (Lipinski definition) is 7. The van der Waals surface area contributed by atoms with Crippen LogP contribution in [0.25, 0.3) is 0 Å². The number of nitro groups is 1. The fourth-order valence-electron chi connectivity index (χ4n) is 3.12. The second kappa shape index (κ2) is 8.78. The molecule has 30 heavy (non-hydrogen) atoms. The van der Waals surface area contributed by atoms with E-state index < -0.39 is 10.7 Å². The van der Waals surface area contributed by atoms with E-state index in [1.54, 1.807) is 19.2 Å². The van der Waals surface area contributed by atoms with Gasteiger partial charge in [-0.25, -0.2) is 9.98 Å². The van der Waals surface area contributed by atoms with Gasteiger partial charge in [0.15, 0.2) is 11.7 Å². The Morgan fingerprint density at radius 1 is 1.30 bits per heavy atom. The van der Waals surface area contributed by atoms with Gasteiger partial charge in [-0.1, -0.05) is 24.3 Å². The summed E-state index contributed by atoms with van der Waals surface area (Å²) in [6, 6.07) is 13.7. The maximum Gasteiger partial charge on any atom is 0.269 e. The number of rotatable bonds is 7. The fourth-order valence-corrected chi connectivity index (χ4v) is 3.12. The molecule has 0 spiro atoms. The van der Waals surface area contributed by atoms with Crippen molar-refractivity contribution in [3.8, 4) is 5.75 Å². The first-order valence-corrected chi connectivity index (χ1v) is 9.42. The standard InChI is InChI=1S/C20H25N7O3/c1-13(15-6-8-16(9-7-15)27(28)29)23-19-24-18(21)25-20(22,26-19)11-10-14-4-3-5-17(12-14)30-2/h3-9,12-13H,10-11,22H2,1-2H3,(H4,21,23,24,25,26)/t13-,20?/m0/s1. The molecule has 6 N–H and O–H groups in total. The largest absolute Gasteiger partial charge is 0.497 e. The van der Waals surface area contributed by atoms with Crippen molar-refractivity contribution in [2.24, 2.45) is 21.5 Å². The van der Waals surface area contributed by atoms with Crippen molar-refractivity contribution in [3.63, 3.8) is 0 Å². The summed E-state index contributed by atoms with van der Waals surface area (Å²) in [5.41, 5.74) is 14.3. The predicted molar refractivity (Wildman–Crippen MR) is 115 cm³/mol. The van der Waals surface area contributed by atoms with Crippen molar-refractivity contribution in [2.75, 3.05) is 7.11 Å². The molecule has 1 aliphatic rings. The summed E-state index contributed by atoms with van der Waals surface area (Å²) in [6.45, 7) is 1.87. The summed E-state index contributed by atoms with van der Waals surface area (Å²) in [7, 11) is 1.62. The molecule has 0 aromatic heterocycles. The smallest absolute Gasteiger partial charge is 0.269 e. The van der Waals surface area contributed by atoms with Crippen LogP contribution in [0.1, 0.15) is 30.5 Å². The highest BCUT2D eigenvalue weighted by Crippen LogP contribution is 2.21. The first-order chi connectivity index (χ1) is 14.3. The monoisotopic (exact) mass is 411 g/mol. The topological polar surface area (TPSA) is 153 Å². The predicted octanol–water partition coefficient (Wildman–Crippen LogP) is 1.77. The number of non-ortho nitro benzene ring substituents is 1. The summed E-state index contributed by atoms with van der Waals surface area (Å²) in [4.78, 5) is 19.2. The number of ether oxygens (including phenoxy) is 1. The molecule has 1 aliphatic heterocycles. The molecule has 1 unspecified atom stereocenters. The molecular weight excluding hydrogens is 386 g/mol. The Labute approximate surface area is 174 Å². The summed E-state index contributed by atoms with van der Waals surface area (Å²) in [5, 5.41) is 16.8. The number of nitrogens with one attached hydrogen (secondary N) is 2. The van der Waals surface area contributed by atoms with Crippen LogP contribution in [-0.4, -0.2) is 29.7 Å². The van der Waals surface area contributed by atoms with E-state index in [2.05, 4.69) is 20.6 Å². The van der Waals surface area contributed by atoms with E-state index in [0.717, 1.165) is 16.9 Å². The molecule has 0 aliphatic carbocycles. The normalized spacial score (nSPS) is 20.6. The number of hydrogen-bond donors (Lipinski definition) is 4. The van der Waals surface area contributed by atoms with E-state index in [-0.39, 0.29) is 17.7 Å². The van der Waals surface area contributed by atoms with Crippen LogP contribution < -0.4 is 26.8 Å². The Morgan fingerprint density at radius 3 is 2.70 bits per heavy atom. The van der Waals surface area contributed by atoms with E-state index in [9.17, 15) is 10.1 Å². The van der Waals surface area contributed by atoms with Gasteiger partial charge in [0.2, 0.25) is 5.96 Å². The quantitative estimate of drug-likeness (QED) is 0.400. The lowest BCUT2D eigenvalue weighted by Crippen LogP contribution is -2.64. The molecular formula is C20H25N7O3. The molecule has 1 heterocycles. The first kappa shape index (κ1) is 21.1. The van der Waals surface area contributed by atoms with Gasteiger partial charge in [-0.05, 0) is 36.6 Å². The molecule has 3 rings (SSSR count). The van der Waals surface area contributed by atoms with E-state index in [1.165, 1.54) is 12.1 Å². The molecule has 0 fully saturated rings. The van der Waals surface area contributed by atoms with Gasteiger partial charge in [-0.15, -0.1) is 0 Å². The SMILES string of the molecule is COc1cccc(CCC2(N)N=C(N)NC(=N[C@@H](C)c3ccc([N+](=O)[O-])cc3)N2)c1. The summed E-state index contributed by atoms with van der Waals surface area (Å²) < 4.78 is 5.25. The van der Waals surface area contributed by atoms with E-state index in [0.29, 0.717) is 18.8 Å². The van der Waals surface area contributed by atoms with E-state index in [4.69, 9.17) is 16.2 Å². The van der Waals surface area contributed by atoms with Crippen molar-refractivity contribution in [3.05, 3.63) is 69.8 Å². The van der Waals surface area contributed by atoms with Crippen LogP contribution in [0.4, 0.5) is 5.69 Å². The van der Waals surface area contributed by atoms with Crippen molar-refractivity contribution < 1.29 is 9.66 Å². The molecule has 2 aromatic carbocycles. The Hall–Kier alpha value is -3.66. The van der Waals surface area contributed by atoms with Crippen molar-refractivity contribution in [2.45, 2.75) is 31.6 Å². The van der Waals surface area contributed by atoms with Crippen LogP contribution in [0, 0.1) is 10.1 Å². The Balaban J connectivity index is 1.71. The first-order valence-electron chi connectivity index (χ1n) is 9.42. The lowest BCUT2D eigenvalue weighted by molar-refractivity contribution is -0.384. The summed E-state index contributed by atoms with van der Waals surface area (Å²) in [5.74, 6) is 0.212. The van der Waals surface area contributed by atoms with Crippen molar-refractivity contribution in [1.29, 1.82) is 0 Å². The van der Waals surface area contributed by atoms with Crippen molar-refractivity contribution in [1.82, 2.24) is 10.6 Å². The third kappa shape index (κ3) is 5.23. The van der Waals surface area contributed by atoms with Gasteiger partial charge in [0.05, 0.1) is 18.1 Å². The van der Waals surface area contributed by atoms with E-state index >= 15 is 0 Å². The molecule has 0 bridgehead atoms. The maximum atomic E-state index is 10.8. The van der Waals surface area contributed by atoms with Crippen LogP contribution in [0.5, 0.6) is 5.75 Å². The Kier molecular flexibility index (Phi) is 6.17. The molecule has 10 heteroatoms. The third-order valence-corrected chi connectivity index (χ3v) is 4.74. The van der Waals surface area contributed by atoms with Gasteiger partial charge in [0.25, 0.3) is 5.69 Å². The number of methoxy groups -OCH3 is 1. The third-order valence-electron chi connectivity index (χ3n) is 4.74. The Morgan fingerprint density at radius 2 is 2.03 bits per heavy atom. The van der Waals surface area contributed by atoms with Crippen molar-refractivity contribution >= 4 is 17.6 Å². The van der Waals surface area contributed by atoms with Gasteiger partial charge in [0.1, 0.15) is 5.75 Å². The number of aliphatic imine (C=N–C) groups is 2. The van der Waals surface area contributed by atoms with Gasteiger partial charge >= 0.3 is 0 Å². The van der Waals surface area contributed by atoms with Crippen LogP contribution in [0.2, 0.25) is 0 Å². The summed E-state index contributed by atoms with van der Waals surface area (Å²) in [6.07, 6.45) is 1.14. The molecule has 2 atom stereocenters. The average Bonchev–Trinajstić information content (AvgIpc) is 2.72. The molecule has 0 radical (unpaired) electrons. The highest BCUT2D eigenvalue weighted by Gasteiger charge is 2.30. The number of aryl methyl sites for hydroxylation is 1. The highest BCUT2D eigenvalue weighted by molar-refractivity contribution is 6.00. The molecule has 0 saturated carbocycles. The zero-order valence-corrected chi connectivity index (χ0v) is 16.8. The molecule has 0 amide bonds. The van der Waals surface area contributed by atoms with Crippen LogP contribution in [0.3, 0.4) is 0 Å². The minimum Gasteiger partial charge on any atom is -0.497 e. The number of benzene rings is 2. The Bertz CT molecular complexity index is 975. The average molecular weight is 411 g/mol. The number of guanidine groups is 2. The molecule has 2 aromatic rings. The lowest BCUT2D eigenvalue weighted by atomic mass is 10.1. The molecule has 0 saturated heterocycles. The maximum absolute atomic E-state index is 10.8. The van der Waals surface area contributed by atoms with Gasteiger partial charge in [0, 0.05) is 18.6 Å². The van der Waals surface area contributed by atoms with Gasteiger partial charge in [-0.2, -0.15) is 0 Å². The lowest BCUT2D eigenvalue weighted by Gasteiger charge is -2.33. The fraction of sp³-hybridized carbons (Fsp3) is 0.300. The van der Waals surface area contributed by atoms with Gasteiger partial charge < -0.3 is 15.8 Å².